The van der Waals surface area contributed by atoms with Gasteiger partial charge in [0.1, 0.15) is 0 Å². The van der Waals surface area contributed by atoms with Gasteiger partial charge in [-0.15, -0.1) is 0 Å². The van der Waals surface area contributed by atoms with E-state index in [0.717, 1.165) is 35.4 Å². The average Bonchev–Trinajstić information content (AvgIpc) is 2.91. The summed E-state index contributed by atoms with van der Waals surface area (Å²) < 4.78 is 0. The second-order valence-corrected chi connectivity index (χ2v) is 5.95. The molecule has 0 aromatic carbocycles. The summed E-state index contributed by atoms with van der Waals surface area (Å²) in [7, 11) is 0. The average molecular weight is 231 g/mol. The molecule has 0 amide bonds. The molecule has 2 nitrogen and oxygen atoms in total. The van der Waals surface area contributed by atoms with Crippen LogP contribution in [-0.4, -0.2) is 10.1 Å². The lowest BCUT2D eigenvalue weighted by atomic mass is 9.84. The zero-order valence-corrected chi connectivity index (χ0v) is 10.5. The minimum Gasteiger partial charge on any atom is -0.387 e. The maximum atomic E-state index is 10.2. The second kappa shape index (κ2) is 4.41. The Kier molecular flexibility index (Phi) is 2.91. The summed E-state index contributed by atoms with van der Waals surface area (Å²) in [5.74, 6) is 2.59. The third kappa shape index (κ3) is 2.23. The smallest absolute Gasteiger partial charge is 0.0962 e. The minimum atomic E-state index is -0.361. The first-order chi connectivity index (χ1) is 8.22. The SMILES string of the molecule is Cc1ccc(C(O)CC2CC3CCC2C3)nc1. The van der Waals surface area contributed by atoms with E-state index in [-0.39, 0.29) is 6.10 Å². The summed E-state index contributed by atoms with van der Waals surface area (Å²) in [5, 5.41) is 10.2. The van der Waals surface area contributed by atoms with E-state index >= 15 is 0 Å². The summed E-state index contributed by atoms with van der Waals surface area (Å²) in [4.78, 5) is 4.33. The highest BCUT2D eigenvalue weighted by molar-refractivity contribution is 5.14. The molecular formula is C15H21NO. The number of rotatable bonds is 3. The van der Waals surface area contributed by atoms with Gasteiger partial charge in [-0.25, -0.2) is 0 Å². The van der Waals surface area contributed by atoms with Crippen molar-refractivity contribution in [3.8, 4) is 0 Å². The molecule has 17 heavy (non-hydrogen) atoms. The fraction of sp³-hybridized carbons (Fsp3) is 0.667. The van der Waals surface area contributed by atoms with Crippen molar-refractivity contribution >= 4 is 0 Å². The van der Waals surface area contributed by atoms with Crippen LogP contribution in [0.15, 0.2) is 18.3 Å². The van der Waals surface area contributed by atoms with Gasteiger partial charge in [0.25, 0.3) is 0 Å². The molecule has 3 rings (SSSR count). The van der Waals surface area contributed by atoms with Crippen LogP contribution in [0.2, 0.25) is 0 Å². The molecule has 1 heterocycles. The maximum absolute atomic E-state index is 10.2. The zero-order chi connectivity index (χ0) is 11.8. The van der Waals surface area contributed by atoms with Gasteiger partial charge < -0.3 is 5.11 Å². The van der Waals surface area contributed by atoms with E-state index < -0.39 is 0 Å². The van der Waals surface area contributed by atoms with Crippen LogP contribution in [0, 0.1) is 24.7 Å². The molecule has 2 bridgehead atoms. The number of fused-ring (bicyclic) bond motifs is 2. The second-order valence-electron chi connectivity index (χ2n) is 5.95. The Labute approximate surface area is 103 Å². The number of aliphatic hydroxyl groups excluding tert-OH is 1. The minimum absolute atomic E-state index is 0.361. The van der Waals surface area contributed by atoms with Gasteiger partial charge in [0.2, 0.25) is 0 Å². The largest absolute Gasteiger partial charge is 0.387 e. The Bertz CT molecular complexity index is 386. The molecule has 1 aromatic heterocycles. The van der Waals surface area contributed by atoms with E-state index in [2.05, 4.69) is 4.98 Å². The van der Waals surface area contributed by atoms with E-state index in [1.54, 1.807) is 0 Å². The predicted molar refractivity (Wildman–Crippen MR) is 67.5 cm³/mol. The number of hydrogen-bond acceptors (Lipinski definition) is 2. The van der Waals surface area contributed by atoms with Crippen molar-refractivity contribution in [2.45, 2.75) is 45.1 Å². The first-order valence-corrected chi connectivity index (χ1v) is 6.83. The van der Waals surface area contributed by atoms with Crippen LogP contribution in [0.5, 0.6) is 0 Å². The fourth-order valence-corrected chi connectivity index (χ4v) is 3.75. The molecule has 2 aliphatic rings. The van der Waals surface area contributed by atoms with Crippen molar-refractivity contribution in [3.63, 3.8) is 0 Å². The van der Waals surface area contributed by atoms with E-state index in [9.17, 15) is 5.11 Å². The van der Waals surface area contributed by atoms with Gasteiger partial charge in [0.15, 0.2) is 0 Å². The van der Waals surface area contributed by atoms with Gasteiger partial charge in [0, 0.05) is 6.20 Å². The predicted octanol–water partition coefficient (Wildman–Crippen LogP) is 3.25. The Hall–Kier alpha value is -0.890. The molecule has 4 atom stereocenters. The lowest BCUT2D eigenvalue weighted by Crippen LogP contribution is -2.14. The van der Waals surface area contributed by atoms with Crippen LogP contribution in [0.3, 0.4) is 0 Å². The Balaban J connectivity index is 1.63. The zero-order valence-electron chi connectivity index (χ0n) is 10.5. The highest BCUT2D eigenvalue weighted by Crippen LogP contribution is 2.50. The fourth-order valence-electron chi connectivity index (χ4n) is 3.75. The van der Waals surface area contributed by atoms with Crippen LogP contribution in [0.1, 0.15) is 49.5 Å². The van der Waals surface area contributed by atoms with Gasteiger partial charge in [-0.2, -0.15) is 0 Å². The first-order valence-electron chi connectivity index (χ1n) is 6.83. The highest BCUT2D eigenvalue weighted by Gasteiger charge is 2.40. The molecular weight excluding hydrogens is 210 g/mol. The molecule has 2 aliphatic carbocycles. The maximum Gasteiger partial charge on any atom is 0.0962 e. The molecule has 92 valence electrons. The molecule has 0 saturated heterocycles. The van der Waals surface area contributed by atoms with Gasteiger partial charge in [-0.05, 0) is 62.0 Å². The van der Waals surface area contributed by atoms with Gasteiger partial charge >= 0.3 is 0 Å². The van der Waals surface area contributed by atoms with Crippen molar-refractivity contribution in [1.82, 2.24) is 4.98 Å². The van der Waals surface area contributed by atoms with Gasteiger partial charge in [0.05, 0.1) is 11.8 Å². The molecule has 4 unspecified atom stereocenters. The van der Waals surface area contributed by atoms with Crippen LogP contribution in [0.4, 0.5) is 0 Å². The lowest BCUT2D eigenvalue weighted by molar-refractivity contribution is 0.122. The monoisotopic (exact) mass is 231 g/mol. The number of aliphatic hydroxyl groups is 1. The van der Waals surface area contributed by atoms with Gasteiger partial charge in [-0.1, -0.05) is 12.5 Å². The third-order valence-corrected chi connectivity index (χ3v) is 4.69. The van der Waals surface area contributed by atoms with E-state index in [1.165, 1.54) is 25.7 Å². The quantitative estimate of drug-likeness (QED) is 0.866. The molecule has 1 aromatic rings. The lowest BCUT2D eigenvalue weighted by Gasteiger charge is -2.23. The molecule has 2 fully saturated rings. The Morgan fingerprint density at radius 1 is 1.35 bits per heavy atom. The molecule has 2 saturated carbocycles. The highest BCUT2D eigenvalue weighted by atomic mass is 16.3. The standard InChI is InChI=1S/C15H21NO/c1-10-2-5-14(16-9-10)15(17)8-13-7-11-3-4-12(13)6-11/h2,5,9,11-13,15,17H,3-4,6-8H2,1H3. The summed E-state index contributed by atoms with van der Waals surface area (Å²) in [5.41, 5.74) is 2.00. The Morgan fingerprint density at radius 3 is 2.82 bits per heavy atom. The number of aromatic nitrogens is 1. The number of hydrogen-bond donors (Lipinski definition) is 1. The van der Waals surface area contributed by atoms with Gasteiger partial charge in [-0.3, -0.25) is 4.98 Å². The molecule has 0 aliphatic heterocycles. The molecule has 0 radical (unpaired) electrons. The number of aryl methyl sites for hydroxylation is 1. The van der Waals surface area contributed by atoms with Crippen LogP contribution in [0.25, 0.3) is 0 Å². The van der Waals surface area contributed by atoms with E-state index in [1.807, 2.05) is 25.3 Å². The summed E-state index contributed by atoms with van der Waals surface area (Å²) in [6.07, 6.45) is 7.98. The summed E-state index contributed by atoms with van der Waals surface area (Å²) >= 11 is 0. The van der Waals surface area contributed by atoms with Crippen molar-refractivity contribution < 1.29 is 5.11 Å². The topological polar surface area (TPSA) is 33.1 Å². The van der Waals surface area contributed by atoms with Crippen molar-refractivity contribution in [2.24, 2.45) is 17.8 Å². The third-order valence-electron chi connectivity index (χ3n) is 4.69. The van der Waals surface area contributed by atoms with E-state index in [4.69, 9.17) is 0 Å². The van der Waals surface area contributed by atoms with Crippen LogP contribution >= 0.6 is 0 Å². The van der Waals surface area contributed by atoms with Crippen molar-refractivity contribution in [1.29, 1.82) is 0 Å². The normalized spacial score (nSPS) is 32.9. The van der Waals surface area contributed by atoms with Crippen molar-refractivity contribution in [2.75, 3.05) is 0 Å². The summed E-state index contributed by atoms with van der Waals surface area (Å²) in [6, 6.07) is 4.00. The van der Waals surface area contributed by atoms with Crippen molar-refractivity contribution in [3.05, 3.63) is 29.6 Å². The molecule has 2 heteroatoms. The van der Waals surface area contributed by atoms with Crippen LogP contribution < -0.4 is 0 Å². The number of nitrogens with zero attached hydrogens (tertiary/aromatic N) is 1. The molecule has 0 spiro atoms. The van der Waals surface area contributed by atoms with E-state index in [0.29, 0.717) is 0 Å². The first kappa shape index (κ1) is 11.2. The summed E-state index contributed by atoms with van der Waals surface area (Å²) in [6.45, 7) is 2.03. The van der Waals surface area contributed by atoms with Crippen LogP contribution in [-0.2, 0) is 0 Å². The number of pyridine rings is 1. The molecule has 1 N–H and O–H groups in total. The Morgan fingerprint density at radius 2 is 2.24 bits per heavy atom.